The number of hydrogen-bond donors (Lipinski definition) is 1. The van der Waals surface area contributed by atoms with Crippen LogP contribution in [0.15, 0.2) is 24.3 Å². The van der Waals surface area contributed by atoms with Gasteiger partial charge in [-0.2, -0.15) is 0 Å². The van der Waals surface area contributed by atoms with Crippen LogP contribution < -0.4 is 10.1 Å². The fraction of sp³-hybridized carbons (Fsp3) is 0.625. The molecule has 1 unspecified atom stereocenters. The van der Waals surface area contributed by atoms with Crippen molar-refractivity contribution in [1.29, 1.82) is 0 Å². The highest BCUT2D eigenvalue weighted by molar-refractivity contribution is 5.27. The van der Waals surface area contributed by atoms with E-state index in [4.69, 9.17) is 9.47 Å². The molecule has 0 spiro atoms. The highest BCUT2D eigenvalue weighted by Gasteiger charge is 2.03. The number of nitrogens with one attached hydrogen (secondary N) is 1. The predicted octanol–water partition coefficient (Wildman–Crippen LogP) is 2.89. The van der Waals surface area contributed by atoms with Gasteiger partial charge >= 0.3 is 0 Å². The van der Waals surface area contributed by atoms with Crippen LogP contribution in [0.1, 0.15) is 25.8 Å². The molecule has 0 aliphatic rings. The van der Waals surface area contributed by atoms with Crippen LogP contribution in [-0.4, -0.2) is 33.4 Å². The third-order valence-corrected chi connectivity index (χ3v) is 2.97. The van der Waals surface area contributed by atoms with Gasteiger partial charge in [0.2, 0.25) is 0 Å². The first kappa shape index (κ1) is 16.0. The van der Waals surface area contributed by atoms with Gasteiger partial charge in [-0.05, 0) is 37.1 Å². The lowest BCUT2D eigenvalue weighted by molar-refractivity contribution is 0.202. The second-order valence-corrected chi connectivity index (χ2v) is 5.01. The van der Waals surface area contributed by atoms with E-state index in [9.17, 15) is 0 Å². The molecule has 0 bridgehead atoms. The third-order valence-electron chi connectivity index (χ3n) is 2.97. The summed E-state index contributed by atoms with van der Waals surface area (Å²) >= 11 is 0. The molecule has 1 aromatic rings. The summed E-state index contributed by atoms with van der Waals surface area (Å²) in [6.45, 7) is 8.00. The molecule has 1 N–H and O–H groups in total. The molecule has 108 valence electrons. The van der Waals surface area contributed by atoms with Crippen molar-refractivity contribution in [2.45, 2.75) is 26.7 Å². The van der Waals surface area contributed by atoms with Gasteiger partial charge in [0.1, 0.15) is 5.75 Å². The fourth-order valence-electron chi connectivity index (χ4n) is 1.79. The lowest BCUT2D eigenvalue weighted by Gasteiger charge is -2.14. The molecule has 0 aliphatic carbocycles. The first-order valence-electron chi connectivity index (χ1n) is 7.17. The molecule has 0 heterocycles. The maximum Gasteiger partial charge on any atom is 0.119 e. The smallest absolute Gasteiger partial charge is 0.119 e. The van der Waals surface area contributed by atoms with E-state index in [1.165, 1.54) is 12.0 Å². The Labute approximate surface area is 117 Å². The zero-order valence-corrected chi connectivity index (χ0v) is 12.4. The molecule has 0 aromatic heterocycles. The van der Waals surface area contributed by atoms with Gasteiger partial charge < -0.3 is 14.8 Å². The van der Waals surface area contributed by atoms with E-state index in [1.807, 2.05) is 12.1 Å². The number of methoxy groups -OCH3 is 1. The number of hydrogen-bond acceptors (Lipinski definition) is 3. The summed E-state index contributed by atoms with van der Waals surface area (Å²) in [5.74, 6) is 1.48. The van der Waals surface area contributed by atoms with Crippen molar-refractivity contribution >= 4 is 0 Å². The normalized spacial score (nSPS) is 12.4. The van der Waals surface area contributed by atoms with Crippen LogP contribution in [0.25, 0.3) is 0 Å². The van der Waals surface area contributed by atoms with Crippen molar-refractivity contribution in [1.82, 2.24) is 5.32 Å². The highest BCUT2D eigenvalue weighted by Crippen LogP contribution is 2.13. The lowest BCUT2D eigenvalue weighted by Crippen LogP contribution is -2.25. The Hall–Kier alpha value is -1.06. The Kier molecular flexibility index (Phi) is 8.26. The van der Waals surface area contributed by atoms with Gasteiger partial charge in [0.25, 0.3) is 0 Å². The molecule has 0 fully saturated rings. The summed E-state index contributed by atoms with van der Waals surface area (Å²) in [5.41, 5.74) is 1.28. The zero-order chi connectivity index (χ0) is 13.9. The Morgan fingerprint density at radius 1 is 1.21 bits per heavy atom. The molecule has 0 saturated carbocycles. The molecule has 0 saturated heterocycles. The Morgan fingerprint density at radius 2 is 1.95 bits per heavy atom. The van der Waals surface area contributed by atoms with Crippen molar-refractivity contribution < 1.29 is 9.47 Å². The van der Waals surface area contributed by atoms with Crippen LogP contribution in [0.4, 0.5) is 0 Å². The topological polar surface area (TPSA) is 30.5 Å². The van der Waals surface area contributed by atoms with Crippen molar-refractivity contribution in [3.05, 3.63) is 29.8 Å². The van der Waals surface area contributed by atoms with Crippen molar-refractivity contribution in [2.24, 2.45) is 5.92 Å². The van der Waals surface area contributed by atoms with E-state index in [2.05, 4.69) is 31.3 Å². The monoisotopic (exact) mass is 265 g/mol. The minimum Gasteiger partial charge on any atom is -0.493 e. The van der Waals surface area contributed by atoms with E-state index in [0.29, 0.717) is 5.92 Å². The quantitative estimate of drug-likeness (QED) is 0.660. The van der Waals surface area contributed by atoms with Gasteiger partial charge in [0, 0.05) is 19.6 Å². The SMILES string of the molecule is CCCNCC(C)COc1ccc(CCOC)cc1. The maximum absolute atomic E-state index is 5.79. The number of rotatable bonds is 10. The standard InChI is InChI=1S/C16H27NO2/c1-4-10-17-12-14(2)13-19-16-7-5-15(6-8-16)9-11-18-3/h5-8,14,17H,4,9-13H2,1-3H3. The van der Waals surface area contributed by atoms with Gasteiger partial charge in [-0.15, -0.1) is 0 Å². The summed E-state index contributed by atoms with van der Waals surface area (Å²) in [6.07, 6.45) is 2.13. The van der Waals surface area contributed by atoms with Gasteiger partial charge in [0.05, 0.1) is 13.2 Å². The van der Waals surface area contributed by atoms with Gasteiger partial charge in [0.15, 0.2) is 0 Å². The van der Waals surface area contributed by atoms with Crippen LogP contribution in [0.5, 0.6) is 5.75 Å². The van der Waals surface area contributed by atoms with Gasteiger partial charge in [-0.1, -0.05) is 26.0 Å². The van der Waals surface area contributed by atoms with Crippen molar-refractivity contribution in [3.8, 4) is 5.75 Å². The van der Waals surface area contributed by atoms with Crippen molar-refractivity contribution in [2.75, 3.05) is 33.4 Å². The number of ether oxygens (including phenoxy) is 2. The van der Waals surface area contributed by atoms with Gasteiger partial charge in [-0.3, -0.25) is 0 Å². The lowest BCUT2D eigenvalue weighted by atomic mass is 10.1. The van der Waals surface area contributed by atoms with E-state index < -0.39 is 0 Å². The average Bonchev–Trinajstić information content (AvgIpc) is 2.44. The summed E-state index contributed by atoms with van der Waals surface area (Å²) in [6, 6.07) is 8.29. The van der Waals surface area contributed by atoms with E-state index >= 15 is 0 Å². The molecule has 3 nitrogen and oxygen atoms in total. The molecule has 1 aromatic carbocycles. The summed E-state index contributed by atoms with van der Waals surface area (Å²) in [7, 11) is 1.73. The summed E-state index contributed by atoms with van der Waals surface area (Å²) < 4.78 is 10.9. The molecule has 0 radical (unpaired) electrons. The first-order valence-corrected chi connectivity index (χ1v) is 7.17. The van der Waals surface area contributed by atoms with E-state index in [0.717, 1.165) is 38.5 Å². The van der Waals surface area contributed by atoms with Crippen LogP contribution in [0.3, 0.4) is 0 Å². The summed E-state index contributed by atoms with van der Waals surface area (Å²) in [5, 5.41) is 3.41. The van der Waals surface area contributed by atoms with Crippen LogP contribution in [-0.2, 0) is 11.2 Å². The zero-order valence-electron chi connectivity index (χ0n) is 12.4. The van der Waals surface area contributed by atoms with Crippen molar-refractivity contribution in [3.63, 3.8) is 0 Å². The second-order valence-electron chi connectivity index (χ2n) is 5.01. The molecule has 0 aliphatic heterocycles. The Balaban J connectivity index is 2.25. The largest absolute Gasteiger partial charge is 0.493 e. The Morgan fingerprint density at radius 3 is 2.58 bits per heavy atom. The molecule has 0 amide bonds. The molecular formula is C16H27NO2. The molecule has 3 heteroatoms. The summed E-state index contributed by atoms with van der Waals surface area (Å²) in [4.78, 5) is 0. The highest BCUT2D eigenvalue weighted by atomic mass is 16.5. The minimum absolute atomic E-state index is 0.528. The van der Waals surface area contributed by atoms with Crippen LogP contribution in [0.2, 0.25) is 0 Å². The Bertz CT molecular complexity index is 324. The third kappa shape index (κ3) is 7.19. The fourth-order valence-corrected chi connectivity index (χ4v) is 1.79. The minimum atomic E-state index is 0.528. The van der Waals surface area contributed by atoms with Crippen LogP contribution >= 0.6 is 0 Å². The second kappa shape index (κ2) is 9.82. The molecular weight excluding hydrogens is 238 g/mol. The van der Waals surface area contributed by atoms with Gasteiger partial charge in [-0.25, -0.2) is 0 Å². The molecule has 1 rings (SSSR count). The van der Waals surface area contributed by atoms with E-state index in [1.54, 1.807) is 7.11 Å². The van der Waals surface area contributed by atoms with Crippen LogP contribution in [0, 0.1) is 5.92 Å². The predicted molar refractivity (Wildman–Crippen MR) is 79.8 cm³/mol. The molecule has 19 heavy (non-hydrogen) atoms. The average molecular weight is 265 g/mol. The van der Waals surface area contributed by atoms with E-state index in [-0.39, 0.29) is 0 Å². The first-order chi connectivity index (χ1) is 9.26. The number of benzene rings is 1. The molecule has 1 atom stereocenters. The maximum atomic E-state index is 5.79.